The minimum absolute atomic E-state index is 0.0194. The van der Waals surface area contributed by atoms with Crippen LogP contribution in [0.25, 0.3) is 11.1 Å². The maximum absolute atomic E-state index is 11.8. The molecule has 0 atom stereocenters. The van der Waals surface area contributed by atoms with Crippen LogP contribution in [-0.2, 0) is 9.84 Å². The Morgan fingerprint density at radius 1 is 0.714 bits per heavy atom. The van der Waals surface area contributed by atoms with Crippen LogP contribution >= 0.6 is 58.0 Å². The second kappa shape index (κ2) is 6.15. The van der Waals surface area contributed by atoms with Crippen molar-refractivity contribution in [2.24, 2.45) is 0 Å². The van der Waals surface area contributed by atoms with Gasteiger partial charge in [0, 0.05) is 6.26 Å². The van der Waals surface area contributed by atoms with Crippen LogP contribution in [0.2, 0.25) is 25.1 Å². The third-order valence-corrected chi connectivity index (χ3v) is 5.94. The van der Waals surface area contributed by atoms with E-state index in [0.29, 0.717) is 11.1 Å². The molecule has 0 saturated carbocycles. The largest absolute Gasteiger partial charge is 0.224 e. The topological polar surface area (TPSA) is 34.1 Å². The van der Waals surface area contributed by atoms with Gasteiger partial charge in [-0.15, -0.1) is 0 Å². The first-order valence-corrected chi connectivity index (χ1v) is 9.23. The van der Waals surface area contributed by atoms with E-state index in [9.17, 15) is 8.42 Å². The molecule has 2 rings (SSSR count). The van der Waals surface area contributed by atoms with Crippen LogP contribution in [0.4, 0.5) is 0 Å². The van der Waals surface area contributed by atoms with Crippen LogP contribution < -0.4 is 0 Å². The number of hydrogen-bond donors (Lipinski definition) is 0. The highest BCUT2D eigenvalue weighted by Gasteiger charge is 2.18. The van der Waals surface area contributed by atoms with E-state index in [4.69, 9.17) is 58.0 Å². The van der Waals surface area contributed by atoms with Crippen molar-refractivity contribution in [3.63, 3.8) is 0 Å². The van der Waals surface area contributed by atoms with E-state index in [0.717, 1.165) is 6.26 Å². The zero-order valence-corrected chi connectivity index (χ0v) is 15.0. The van der Waals surface area contributed by atoms with E-state index >= 15 is 0 Å². The van der Waals surface area contributed by atoms with Gasteiger partial charge in [-0.25, -0.2) is 8.42 Å². The molecule has 0 aliphatic carbocycles. The Balaban J connectivity index is 2.74. The summed E-state index contributed by atoms with van der Waals surface area (Å²) < 4.78 is 23.5. The van der Waals surface area contributed by atoms with Crippen LogP contribution in [0.5, 0.6) is 0 Å². The molecule has 2 aromatic rings. The fourth-order valence-corrected chi connectivity index (χ4v) is 3.90. The van der Waals surface area contributed by atoms with Gasteiger partial charge in [0.15, 0.2) is 9.84 Å². The molecular weight excluding hydrogens is 397 g/mol. The second-order valence-electron chi connectivity index (χ2n) is 4.30. The molecule has 0 fully saturated rings. The van der Waals surface area contributed by atoms with Crippen LogP contribution in [0.1, 0.15) is 0 Å². The quantitative estimate of drug-likeness (QED) is 0.573. The van der Waals surface area contributed by atoms with Gasteiger partial charge in [-0.1, -0.05) is 58.0 Å². The third-order valence-electron chi connectivity index (χ3n) is 2.71. The molecule has 0 saturated heterocycles. The van der Waals surface area contributed by atoms with Gasteiger partial charge in [-0.2, -0.15) is 0 Å². The molecule has 0 aliphatic rings. The zero-order valence-electron chi connectivity index (χ0n) is 10.4. The van der Waals surface area contributed by atoms with E-state index < -0.39 is 9.84 Å². The fraction of sp³-hybridized carbons (Fsp3) is 0.0769. The molecule has 0 unspecified atom stereocenters. The number of hydrogen-bond acceptors (Lipinski definition) is 2. The lowest BCUT2D eigenvalue weighted by atomic mass is 10.1. The summed E-state index contributed by atoms with van der Waals surface area (Å²) in [6.45, 7) is 0. The monoisotopic (exact) mass is 402 g/mol. The fourth-order valence-electron chi connectivity index (χ4n) is 1.72. The molecule has 8 heteroatoms. The van der Waals surface area contributed by atoms with Crippen molar-refractivity contribution < 1.29 is 8.42 Å². The van der Waals surface area contributed by atoms with Gasteiger partial charge >= 0.3 is 0 Å². The van der Waals surface area contributed by atoms with Gasteiger partial charge in [0.2, 0.25) is 0 Å². The van der Waals surface area contributed by atoms with Gasteiger partial charge in [0.05, 0.1) is 30.0 Å². The lowest BCUT2D eigenvalue weighted by molar-refractivity contribution is 0.602. The summed E-state index contributed by atoms with van der Waals surface area (Å²) in [7, 11) is -3.52. The number of rotatable bonds is 2. The minimum atomic E-state index is -3.52. The van der Waals surface area contributed by atoms with Gasteiger partial charge in [0.25, 0.3) is 0 Å². The highest BCUT2D eigenvalue weighted by atomic mass is 35.5. The van der Waals surface area contributed by atoms with E-state index in [1.54, 1.807) is 12.1 Å². The van der Waals surface area contributed by atoms with Crippen molar-refractivity contribution in [1.82, 2.24) is 0 Å². The van der Waals surface area contributed by atoms with Gasteiger partial charge < -0.3 is 0 Å². The summed E-state index contributed by atoms with van der Waals surface area (Å²) in [5, 5.41) is 0.841. The predicted molar refractivity (Wildman–Crippen MR) is 90.0 cm³/mol. The lowest BCUT2D eigenvalue weighted by Gasteiger charge is -2.10. The first-order valence-electron chi connectivity index (χ1n) is 5.45. The van der Waals surface area contributed by atoms with E-state index in [1.807, 2.05) is 0 Å². The van der Waals surface area contributed by atoms with Crippen molar-refractivity contribution in [3.8, 4) is 11.1 Å². The summed E-state index contributed by atoms with van der Waals surface area (Å²) in [5.41, 5.74) is 1.10. The van der Waals surface area contributed by atoms with Gasteiger partial charge in [-0.3, -0.25) is 0 Å². The number of benzene rings is 2. The minimum Gasteiger partial charge on any atom is -0.224 e. The molecular formula is C13H7Cl5O2S. The normalized spacial score (nSPS) is 11.7. The molecule has 0 N–H and O–H groups in total. The van der Waals surface area contributed by atoms with Crippen LogP contribution in [0.15, 0.2) is 29.2 Å². The van der Waals surface area contributed by atoms with Gasteiger partial charge in [0.1, 0.15) is 0 Å². The van der Waals surface area contributed by atoms with Crippen molar-refractivity contribution in [3.05, 3.63) is 49.4 Å². The molecule has 2 nitrogen and oxygen atoms in total. The molecule has 0 bridgehead atoms. The Bertz CT molecular complexity index is 808. The van der Waals surface area contributed by atoms with Crippen LogP contribution in [0.3, 0.4) is 0 Å². The Labute approximate surface area is 147 Å². The Kier molecular flexibility index (Phi) is 5.04. The molecule has 0 aromatic heterocycles. The average Bonchev–Trinajstić information content (AvgIpc) is 2.37. The van der Waals surface area contributed by atoms with Crippen LogP contribution in [-0.4, -0.2) is 14.7 Å². The van der Waals surface area contributed by atoms with Crippen LogP contribution in [0, 0.1) is 0 Å². The summed E-state index contributed by atoms with van der Waals surface area (Å²) in [5.74, 6) is 0. The molecule has 0 aliphatic heterocycles. The first kappa shape index (κ1) is 17.2. The Hall–Kier alpha value is -0.160. The SMILES string of the molecule is CS(=O)(=O)c1cc(-c2cc(Cl)c(Cl)c(Cl)c2)cc(Cl)c1Cl. The van der Waals surface area contributed by atoms with E-state index in [-0.39, 0.29) is 30.0 Å². The smallest absolute Gasteiger partial charge is 0.177 e. The Morgan fingerprint density at radius 2 is 1.10 bits per heavy atom. The molecule has 21 heavy (non-hydrogen) atoms. The van der Waals surface area contributed by atoms with E-state index in [1.165, 1.54) is 12.1 Å². The maximum Gasteiger partial charge on any atom is 0.177 e. The highest BCUT2D eigenvalue weighted by molar-refractivity contribution is 7.90. The molecule has 0 heterocycles. The predicted octanol–water partition coefficient (Wildman–Crippen LogP) is 6.02. The van der Waals surface area contributed by atoms with E-state index in [2.05, 4.69) is 0 Å². The second-order valence-corrected chi connectivity index (χ2v) is 8.26. The summed E-state index contributed by atoms with van der Waals surface area (Å²) in [4.78, 5) is -0.0612. The van der Waals surface area contributed by atoms with Crippen molar-refractivity contribution in [2.45, 2.75) is 4.90 Å². The standard InChI is InChI=1S/C13H7Cl5O2S/c1-21(19,20)11-5-7(4-10(16)13(11)18)6-2-8(14)12(17)9(15)3-6/h2-5H,1H3. The average molecular weight is 405 g/mol. The number of halogens is 5. The van der Waals surface area contributed by atoms with Crippen molar-refractivity contribution >= 4 is 67.8 Å². The third kappa shape index (κ3) is 3.61. The molecule has 0 spiro atoms. The molecule has 2 aromatic carbocycles. The summed E-state index contributed by atoms with van der Waals surface area (Å²) in [6, 6.07) is 6.09. The Morgan fingerprint density at radius 3 is 1.52 bits per heavy atom. The molecule has 0 radical (unpaired) electrons. The summed E-state index contributed by atoms with van der Waals surface area (Å²) in [6.07, 6.45) is 1.05. The highest BCUT2D eigenvalue weighted by Crippen LogP contribution is 2.39. The van der Waals surface area contributed by atoms with Gasteiger partial charge in [-0.05, 0) is 35.4 Å². The lowest BCUT2D eigenvalue weighted by Crippen LogP contribution is -1.99. The van der Waals surface area contributed by atoms with Crippen molar-refractivity contribution in [2.75, 3.05) is 6.26 Å². The molecule has 0 amide bonds. The number of sulfone groups is 1. The first-order chi connectivity index (χ1) is 9.61. The summed E-state index contributed by atoms with van der Waals surface area (Å²) >= 11 is 29.8. The molecule has 112 valence electrons. The zero-order chi connectivity index (χ0) is 15.9. The van der Waals surface area contributed by atoms with Crippen molar-refractivity contribution in [1.29, 1.82) is 0 Å². The maximum atomic E-state index is 11.8.